The number of hydrogen-bond donors (Lipinski definition) is 1. The molecule has 0 aromatic heterocycles. The SMILES string of the molecule is ClS1(Cl)NO1. The maximum absolute atomic E-state index is 5.16. The van der Waals surface area contributed by atoms with Crippen LogP contribution in [0.1, 0.15) is 0 Å². The van der Waals surface area contributed by atoms with E-state index in [1.807, 2.05) is 0 Å². The van der Waals surface area contributed by atoms with E-state index in [1.54, 1.807) is 0 Å². The lowest BCUT2D eigenvalue weighted by Gasteiger charge is -1.77. The Kier molecular flexibility index (Phi) is 0.738. The highest BCUT2D eigenvalue weighted by molar-refractivity contribution is 8.64. The van der Waals surface area contributed by atoms with Crippen molar-refractivity contribution < 1.29 is 4.28 Å². The molecular weight excluding hydrogens is 133 g/mol. The van der Waals surface area contributed by atoms with Gasteiger partial charge in [0.25, 0.3) is 0 Å². The number of nitrogens with one attached hydrogen (secondary N) is 1. The van der Waals surface area contributed by atoms with Gasteiger partial charge in [-0.15, -0.1) is 0 Å². The van der Waals surface area contributed by atoms with Gasteiger partial charge in [-0.05, 0) is 21.4 Å². The summed E-state index contributed by atoms with van der Waals surface area (Å²) in [5.74, 6) is 0. The Morgan fingerprint density at radius 1 is 1.60 bits per heavy atom. The minimum Gasteiger partial charge on any atom is -0.195 e. The molecule has 5 heavy (non-hydrogen) atoms. The van der Waals surface area contributed by atoms with Gasteiger partial charge in [0.05, 0.1) is 0 Å². The van der Waals surface area contributed by atoms with E-state index >= 15 is 0 Å². The van der Waals surface area contributed by atoms with Crippen LogP contribution in [-0.4, -0.2) is 0 Å². The van der Waals surface area contributed by atoms with Gasteiger partial charge in [-0.2, -0.15) is 4.28 Å². The van der Waals surface area contributed by atoms with Crippen LogP contribution in [-0.2, 0) is 4.28 Å². The van der Waals surface area contributed by atoms with E-state index in [1.165, 1.54) is 0 Å². The second-order valence-corrected chi connectivity index (χ2v) is 4.85. The Hall–Kier alpha value is 0.850. The summed E-state index contributed by atoms with van der Waals surface area (Å²) in [6.45, 7) is 0. The summed E-state index contributed by atoms with van der Waals surface area (Å²) in [6, 6.07) is 0. The van der Waals surface area contributed by atoms with Crippen LogP contribution in [0.3, 0.4) is 0 Å². The summed E-state index contributed by atoms with van der Waals surface area (Å²) in [5.41, 5.74) is 0. The quantitative estimate of drug-likeness (QED) is 0.509. The number of hydrogen-bond acceptors (Lipinski definition) is 2. The van der Waals surface area contributed by atoms with Crippen LogP contribution in [0.5, 0.6) is 0 Å². The molecule has 0 atom stereocenters. The molecule has 0 aromatic rings. The van der Waals surface area contributed by atoms with Gasteiger partial charge in [0.2, 0.25) is 0 Å². The van der Waals surface area contributed by atoms with Gasteiger partial charge in [0.15, 0.2) is 0 Å². The molecule has 0 spiro atoms. The third kappa shape index (κ3) is 1.15. The van der Waals surface area contributed by atoms with E-state index in [0.717, 1.165) is 0 Å². The summed E-state index contributed by atoms with van der Waals surface area (Å²) < 4.78 is 4.26. The maximum atomic E-state index is 5.16. The Morgan fingerprint density at radius 3 is 1.80 bits per heavy atom. The third-order valence-corrected chi connectivity index (χ3v) is 1.38. The molecule has 2 nitrogen and oxygen atoms in total. The Morgan fingerprint density at radius 2 is 1.80 bits per heavy atom. The summed E-state index contributed by atoms with van der Waals surface area (Å²) in [4.78, 5) is 2.29. The van der Waals surface area contributed by atoms with Crippen molar-refractivity contribution in [2.45, 2.75) is 0 Å². The topological polar surface area (TPSA) is 34.5 Å². The average molecular weight is 134 g/mol. The summed E-state index contributed by atoms with van der Waals surface area (Å²) >= 11 is 0. The highest BCUT2D eigenvalue weighted by atomic mass is 36.0. The van der Waals surface area contributed by atoms with Crippen LogP contribution in [0, 0.1) is 0 Å². The number of halogens is 2. The predicted molar refractivity (Wildman–Crippen MR) is 23.5 cm³/mol. The van der Waals surface area contributed by atoms with Gasteiger partial charge >= 0.3 is 0 Å². The Labute approximate surface area is 40.0 Å². The lowest BCUT2D eigenvalue weighted by Crippen LogP contribution is -1.55. The van der Waals surface area contributed by atoms with Crippen LogP contribution in [0.2, 0.25) is 0 Å². The zero-order chi connectivity index (χ0) is 3.91. The van der Waals surface area contributed by atoms with Crippen molar-refractivity contribution in [3.8, 4) is 0 Å². The molecule has 1 fully saturated rings. The lowest BCUT2D eigenvalue weighted by atomic mass is 13.6. The summed E-state index contributed by atoms with van der Waals surface area (Å²) in [5, 5.41) is 0. The van der Waals surface area contributed by atoms with E-state index in [-0.39, 0.29) is 0 Å². The van der Waals surface area contributed by atoms with Crippen molar-refractivity contribution >= 4 is 30.3 Å². The second-order valence-electron chi connectivity index (χ2n) is 0.589. The van der Waals surface area contributed by atoms with E-state index in [9.17, 15) is 0 Å². The average Bonchev–Trinajstić information content (AvgIpc) is 1.76. The van der Waals surface area contributed by atoms with Crippen molar-refractivity contribution in [2.75, 3.05) is 0 Å². The van der Waals surface area contributed by atoms with Crippen LogP contribution < -0.4 is 4.89 Å². The van der Waals surface area contributed by atoms with Gasteiger partial charge < -0.3 is 0 Å². The highest BCUT2D eigenvalue weighted by Crippen LogP contribution is 2.66. The van der Waals surface area contributed by atoms with E-state index < -0.39 is 8.92 Å². The van der Waals surface area contributed by atoms with Crippen LogP contribution >= 0.6 is 30.3 Å². The molecule has 0 radical (unpaired) electrons. The monoisotopic (exact) mass is 133 g/mol. The van der Waals surface area contributed by atoms with Crippen LogP contribution in [0.4, 0.5) is 0 Å². The molecule has 1 saturated heterocycles. The minimum absolute atomic E-state index is 1.72. The molecule has 1 aliphatic rings. The number of rotatable bonds is 0. The lowest BCUT2D eigenvalue weighted by molar-refractivity contribution is 0.470. The van der Waals surface area contributed by atoms with Crippen molar-refractivity contribution in [3.05, 3.63) is 0 Å². The molecule has 0 aliphatic carbocycles. The summed E-state index contributed by atoms with van der Waals surface area (Å²) in [6.07, 6.45) is 0. The highest BCUT2D eigenvalue weighted by Gasteiger charge is 2.34. The molecule has 0 bridgehead atoms. The van der Waals surface area contributed by atoms with E-state index in [2.05, 4.69) is 9.17 Å². The normalized spacial score (nSPS) is 36.4. The molecule has 32 valence electrons. The van der Waals surface area contributed by atoms with Gasteiger partial charge in [0.1, 0.15) is 8.92 Å². The van der Waals surface area contributed by atoms with Crippen LogP contribution in [0.25, 0.3) is 0 Å². The van der Waals surface area contributed by atoms with E-state index in [0.29, 0.717) is 0 Å². The summed E-state index contributed by atoms with van der Waals surface area (Å²) in [7, 11) is 8.59. The Bertz CT molecular complexity index is 47.6. The first kappa shape index (κ1) is 4.02. The zero-order valence-electron chi connectivity index (χ0n) is 2.07. The molecule has 0 amide bonds. The first-order chi connectivity index (χ1) is 2.21. The van der Waals surface area contributed by atoms with Gasteiger partial charge in [-0.1, -0.05) is 4.89 Å². The molecule has 1 heterocycles. The predicted octanol–water partition coefficient (Wildman–Crippen LogP) is 1.46. The van der Waals surface area contributed by atoms with Crippen molar-refractivity contribution in [1.82, 2.24) is 4.89 Å². The molecule has 1 N–H and O–H groups in total. The van der Waals surface area contributed by atoms with Crippen molar-refractivity contribution in [3.63, 3.8) is 0 Å². The molecule has 0 saturated carbocycles. The smallest absolute Gasteiger partial charge is 0.129 e. The molecule has 0 aromatic carbocycles. The fourth-order valence-electron chi connectivity index (χ4n) is 0.0257. The zero-order valence-corrected chi connectivity index (χ0v) is 4.40. The first-order valence-electron chi connectivity index (χ1n) is 0.884. The van der Waals surface area contributed by atoms with Crippen molar-refractivity contribution in [2.24, 2.45) is 0 Å². The fraction of sp³-hybridized carbons (Fsp3) is 0. The van der Waals surface area contributed by atoms with Crippen LogP contribution in [0.15, 0.2) is 0 Å². The largest absolute Gasteiger partial charge is 0.195 e. The molecule has 0 unspecified atom stereocenters. The minimum atomic E-state index is -1.72. The van der Waals surface area contributed by atoms with Gasteiger partial charge in [-0.25, -0.2) is 0 Å². The van der Waals surface area contributed by atoms with Crippen molar-refractivity contribution in [1.29, 1.82) is 0 Å². The Balaban J connectivity index is 2.38. The van der Waals surface area contributed by atoms with Gasteiger partial charge in [0, 0.05) is 0 Å². The van der Waals surface area contributed by atoms with E-state index in [4.69, 9.17) is 21.4 Å². The first-order valence-corrected chi connectivity index (χ1v) is 4.09. The molecule has 1 rings (SSSR count). The molecule has 5 heteroatoms. The molecule has 1 aliphatic heterocycles. The standard InChI is InChI=1S/Cl2HNOS/c1-5(2)3-4-5/h3H. The third-order valence-electron chi connectivity index (χ3n) is 0.209. The fourth-order valence-corrected chi connectivity index (χ4v) is 0.694. The second kappa shape index (κ2) is 0.918. The molecular formula is HCl2NOS. The maximum Gasteiger partial charge on any atom is 0.129 e. The van der Waals surface area contributed by atoms with Gasteiger partial charge in [-0.3, -0.25) is 0 Å².